The third kappa shape index (κ3) is 5.24. The first-order valence-corrected chi connectivity index (χ1v) is 5.35. The second-order valence-corrected chi connectivity index (χ2v) is 3.03. The first kappa shape index (κ1) is 14.3. The molecule has 4 heteroatoms. The fourth-order valence-electron chi connectivity index (χ4n) is 1.24. The molecule has 0 fully saturated rings. The van der Waals surface area contributed by atoms with Gasteiger partial charge in [0.05, 0.1) is 6.42 Å². The van der Waals surface area contributed by atoms with Gasteiger partial charge in [0.2, 0.25) is 6.04 Å². The van der Waals surface area contributed by atoms with Crippen LogP contribution in [-0.2, 0) is 11.2 Å². The van der Waals surface area contributed by atoms with Crippen LogP contribution in [0.1, 0.15) is 25.8 Å². The minimum Gasteiger partial charge on any atom is -0.303 e. The summed E-state index contributed by atoms with van der Waals surface area (Å²) < 4.78 is 0. The van der Waals surface area contributed by atoms with Gasteiger partial charge in [0, 0.05) is 11.3 Å². The van der Waals surface area contributed by atoms with Crippen LogP contribution in [0.5, 0.6) is 0 Å². The number of hydrogen-bond acceptors (Lipinski definition) is 3. The van der Waals surface area contributed by atoms with Crippen LogP contribution in [0.25, 0.3) is 0 Å². The van der Waals surface area contributed by atoms with Crippen LogP contribution in [0.4, 0.5) is 0 Å². The van der Waals surface area contributed by atoms with Gasteiger partial charge in [-0.3, -0.25) is 10.1 Å². The van der Waals surface area contributed by atoms with Crippen LogP contribution >= 0.6 is 0 Å². The van der Waals surface area contributed by atoms with Gasteiger partial charge in [-0.25, -0.2) is 0 Å². The van der Waals surface area contributed by atoms with Crippen molar-refractivity contribution in [1.29, 1.82) is 0 Å². The number of aldehydes is 1. The zero-order valence-electron chi connectivity index (χ0n) is 9.63. The summed E-state index contributed by atoms with van der Waals surface area (Å²) in [6.45, 7) is 4.00. The molecule has 0 spiro atoms. The molecule has 0 heterocycles. The Balaban J connectivity index is 0.00000106. The lowest BCUT2D eigenvalue weighted by atomic mass is 10.0. The van der Waals surface area contributed by atoms with E-state index in [0.717, 1.165) is 5.56 Å². The Hall–Kier alpha value is -1.71. The van der Waals surface area contributed by atoms with E-state index < -0.39 is 11.0 Å². The van der Waals surface area contributed by atoms with Gasteiger partial charge in [0.1, 0.15) is 6.29 Å². The van der Waals surface area contributed by atoms with Crippen molar-refractivity contribution in [3.8, 4) is 0 Å². The Morgan fingerprint density at radius 2 is 1.88 bits per heavy atom. The number of rotatable bonds is 5. The molecule has 0 N–H and O–H groups in total. The summed E-state index contributed by atoms with van der Waals surface area (Å²) in [5.41, 5.74) is 0.885. The smallest absolute Gasteiger partial charge is 0.223 e. The highest BCUT2D eigenvalue weighted by molar-refractivity contribution is 5.50. The van der Waals surface area contributed by atoms with Crippen LogP contribution in [0.3, 0.4) is 0 Å². The molecule has 4 nitrogen and oxygen atoms in total. The Bertz CT molecular complexity index is 311. The van der Waals surface area contributed by atoms with E-state index in [1.54, 1.807) is 0 Å². The molecule has 0 radical (unpaired) electrons. The lowest BCUT2D eigenvalue weighted by molar-refractivity contribution is -0.520. The SMILES string of the molecule is CC.O=CCC(Cc1ccccc1)[N+](=O)[O-]. The number of nitrogens with zero attached hydrogens (tertiary/aromatic N) is 1. The Morgan fingerprint density at radius 3 is 2.31 bits per heavy atom. The maximum atomic E-state index is 10.5. The fourth-order valence-corrected chi connectivity index (χ4v) is 1.24. The van der Waals surface area contributed by atoms with E-state index in [4.69, 9.17) is 0 Å². The van der Waals surface area contributed by atoms with Crippen molar-refractivity contribution in [3.63, 3.8) is 0 Å². The minimum absolute atomic E-state index is 0.0259. The van der Waals surface area contributed by atoms with E-state index in [1.165, 1.54) is 0 Å². The van der Waals surface area contributed by atoms with E-state index in [1.807, 2.05) is 44.2 Å². The third-order valence-electron chi connectivity index (χ3n) is 1.98. The van der Waals surface area contributed by atoms with Gasteiger partial charge in [0.25, 0.3) is 0 Å². The predicted molar refractivity (Wildman–Crippen MR) is 63.0 cm³/mol. The van der Waals surface area contributed by atoms with Crippen molar-refractivity contribution in [3.05, 3.63) is 46.0 Å². The topological polar surface area (TPSA) is 60.2 Å². The first-order chi connectivity index (χ1) is 7.74. The van der Waals surface area contributed by atoms with Crippen molar-refractivity contribution in [2.75, 3.05) is 0 Å². The highest BCUT2D eigenvalue weighted by Gasteiger charge is 2.19. The summed E-state index contributed by atoms with van der Waals surface area (Å²) in [4.78, 5) is 20.3. The molecule has 16 heavy (non-hydrogen) atoms. The van der Waals surface area contributed by atoms with Crippen molar-refractivity contribution < 1.29 is 9.72 Å². The molecule has 0 saturated carbocycles. The molecule has 0 amide bonds. The Labute approximate surface area is 95.4 Å². The molecule has 0 aliphatic heterocycles. The van der Waals surface area contributed by atoms with E-state index in [2.05, 4.69) is 0 Å². The zero-order valence-corrected chi connectivity index (χ0v) is 9.63. The van der Waals surface area contributed by atoms with Crippen molar-refractivity contribution in [2.45, 2.75) is 32.7 Å². The van der Waals surface area contributed by atoms with Crippen molar-refractivity contribution in [1.82, 2.24) is 0 Å². The van der Waals surface area contributed by atoms with Crippen LogP contribution in [0, 0.1) is 10.1 Å². The van der Waals surface area contributed by atoms with E-state index in [9.17, 15) is 14.9 Å². The average molecular weight is 223 g/mol. The lowest BCUT2D eigenvalue weighted by Gasteiger charge is -2.05. The molecule has 1 unspecified atom stereocenters. The largest absolute Gasteiger partial charge is 0.303 e. The third-order valence-corrected chi connectivity index (χ3v) is 1.98. The molecule has 88 valence electrons. The quantitative estimate of drug-likeness (QED) is 0.437. The number of carbonyl (C=O) groups is 1. The standard InChI is InChI=1S/C10H11NO3.C2H6/c12-7-6-10(11(13)14)8-9-4-2-1-3-5-9;1-2/h1-5,7,10H,6,8H2;1-2H3. The summed E-state index contributed by atoms with van der Waals surface area (Å²) in [6, 6.07) is 8.35. The molecule has 1 aromatic carbocycles. The highest BCUT2D eigenvalue weighted by atomic mass is 16.6. The van der Waals surface area contributed by atoms with Gasteiger partial charge in [-0.15, -0.1) is 0 Å². The Kier molecular flexibility index (Phi) is 7.67. The summed E-state index contributed by atoms with van der Waals surface area (Å²) in [5, 5.41) is 10.5. The molecule has 0 saturated heterocycles. The average Bonchev–Trinajstić information content (AvgIpc) is 2.32. The van der Waals surface area contributed by atoms with Gasteiger partial charge in [-0.05, 0) is 5.56 Å². The Morgan fingerprint density at radius 1 is 1.31 bits per heavy atom. The highest BCUT2D eigenvalue weighted by Crippen LogP contribution is 2.07. The number of hydrogen-bond donors (Lipinski definition) is 0. The maximum Gasteiger partial charge on any atom is 0.223 e. The van der Waals surface area contributed by atoms with Crippen LogP contribution in [0.15, 0.2) is 30.3 Å². The van der Waals surface area contributed by atoms with E-state index >= 15 is 0 Å². The summed E-state index contributed by atoms with van der Waals surface area (Å²) in [7, 11) is 0. The van der Waals surface area contributed by atoms with Crippen LogP contribution in [-0.4, -0.2) is 17.3 Å². The van der Waals surface area contributed by atoms with Crippen LogP contribution in [0.2, 0.25) is 0 Å². The number of nitro groups is 1. The molecule has 1 rings (SSSR count). The maximum absolute atomic E-state index is 10.5. The minimum atomic E-state index is -0.796. The summed E-state index contributed by atoms with van der Waals surface area (Å²) >= 11 is 0. The normalized spacial score (nSPS) is 10.9. The van der Waals surface area contributed by atoms with E-state index in [0.29, 0.717) is 12.7 Å². The number of benzene rings is 1. The molecular formula is C12H17NO3. The van der Waals surface area contributed by atoms with Gasteiger partial charge < -0.3 is 4.79 Å². The van der Waals surface area contributed by atoms with Gasteiger partial charge in [0.15, 0.2) is 0 Å². The van der Waals surface area contributed by atoms with Crippen LogP contribution < -0.4 is 0 Å². The first-order valence-electron chi connectivity index (χ1n) is 5.35. The molecule has 1 aromatic rings. The lowest BCUT2D eigenvalue weighted by Crippen LogP contribution is -2.22. The molecular weight excluding hydrogens is 206 g/mol. The van der Waals surface area contributed by atoms with Gasteiger partial charge in [-0.2, -0.15) is 0 Å². The fraction of sp³-hybridized carbons (Fsp3) is 0.417. The second-order valence-electron chi connectivity index (χ2n) is 3.03. The molecule has 1 atom stereocenters. The van der Waals surface area contributed by atoms with Gasteiger partial charge in [-0.1, -0.05) is 44.2 Å². The van der Waals surface area contributed by atoms with Crippen molar-refractivity contribution in [2.24, 2.45) is 0 Å². The predicted octanol–water partition coefficient (Wildman–Crippen LogP) is 2.49. The zero-order chi connectivity index (χ0) is 12.4. The monoisotopic (exact) mass is 223 g/mol. The van der Waals surface area contributed by atoms with Gasteiger partial charge >= 0.3 is 0 Å². The summed E-state index contributed by atoms with van der Waals surface area (Å²) in [5.74, 6) is 0. The van der Waals surface area contributed by atoms with Crippen molar-refractivity contribution >= 4 is 6.29 Å². The molecule has 0 bridgehead atoms. The summed E-state index contributed by atoms with van der Waals surface area (Å²) in [6.07, 6.45) is 0.880. The second kappa shape index (κ2) is 8.59. The molecule has 0 aliphatic rings. The molecule has 0 aromatic heterocycles. The number of carbonyl (C=O) groups excluding carboxylic acids is 1. The van der Waals surface area contributed by atoms with E-state index in [-0.39, 0.29) is 6.42 Å². The molecule has 0 aliphatic carbocycles.